The fourth-order valence-corrected chi connectivity index (χ4v) is 2.13. The Kier molecular flexibility index (Phi) is 4.93. The van der Waals surface area contributed by atoms with Gasteiger partial charge in [0, 0.05) is 6.54 Å². The number of hydrogen-bond donors (Lipinski definition) is 2. The van der Waals surface area contributed by atoms with Crippen LogP contribution in [0.15, 0.2) is 30.3 Å². The van der Waals surface area contributed by atoms with Crippen molar-refractivity contribution in [2.24, 2.45) is 5.92 Å². The first-order valence-corrected chi connectivity index (χ1v) is 6.76. The minimum atomic E-state index is -0.454. The van der Waals surface area contributed by atoms with Gasteiger partial charge in [-0.3, -0.25) is 4.79 Å². The summed E-state index contributed by atoms with van der Waals surface area (Å²) in [7, 11) is 0. The predicted octanol–water partition coefficient (Wildman–Crippen LogP) is 1.48. The highest BCUT2D eigenvalue weighted by atomic mass is 16.5. The molecule has 0 radical (unpaired) electrons. The maximum atomic E-state index is 11.8. The van der Waals surface area contributed by atoms with Crippen LogP contribution in [0.25, 0.3) is 0 Å². The molecule has 4 heteroatoms. The van der Waals surface area contributed by atoms with E-state index in [9.17, 15) is 4.79 Å². The minimum Gasteiger partial charge on any atom is -0.393 e. The van der Waals surface area contributed by atoms with Crippen molar-refractivity contribution in [2.45, 2.75) is 38.6 Å². The van der Waals surface area contributed by atoms with Crippen molar-refractivity contribution in [3.8, 4) is 0 Å². The lowest BCUT2D eigenvalue weighted by molar-refractivity contribution is -0.133. The molecule has 0 bridgehead atoms. The van der Waals surface area contributed by atoms with Crippen LogP contribution in [0.3, 0.4) is 0 Å². The average Bonchev–Trinajstić information content (AvgIpc) is 2.40. The summed E-state index contributed by atoms with van der Waals surface area (Å²) in [6, 6.07) is 9.80. The molecule has 1 aromatic rings. The number of benzene rings is 1. The monoisotopic (exact) mass is 263 g/mol. The summed E-state index contributed by atoms with van der Waals surface area (Å²) in [5.41, 5.74) is 1.06. The van der Waals surface area contributed by atoms with Gasteiger partial charge >= 0.3 is 0 Å². The van der Waals surface area contributed by atoms with Gasteiger partial charge in [0.1, 0.15) is 6.10 Å². The Bertz CT molecular complexity index is 401. The summed E-state index contributed by atoms with van der Waals surface area (Å²) in [6.07, 6.45) is 0.956. The second-order valence-corrected chi connectivity index (χ2v) is 5.18. The van der Waals surface area contributed by atoms with E-state index in [0.717, 1.165) is 18.4 Å². The van der Waals surface area contributed by atoms with E-state index in [1.807, 2.05) is 30.3 Å². The predicted molar refractivity (Wildman–Crippen MR) is 72.4 cm³/mol. The summed E-state index contributed by atoms with van der Waals surface area (Å²) in [6.45, 7) is 2.83. The van der Waals surface area contributed by atoms with E-state index in [-0.39, 0.29) is 12.0 Å². The molecule has 1 aliphatic rings. The highest BCUT2D eigenvalue weighted by Crippen LogP contribution is 2.26. The molecule has 2 rings (SSSR count). The van der Waals surface area contributed by atoms with Crippen LogP contribution in [0.2, 0.25) is 0 Å². The first-order valence-electron chi connectivity index (χ1n) is 6.76. The Morgan fingerprint density at radius 2 is 2.11 bits per heavy atom. The number of carbonyl (C=O) groups is 1. The molecule has 1 aliphatic carbocycles. The molecule has 1 unspecified atom stereocenters. The van der Waals surface area contributed by atoms with Gasteiger partial charge in [0.15, 0.2) is 0 Å². The number of nitrogens with one attached hydrogen (secondary N) is 1. The maximum absolute atomic E-state index is 11.8. The molecule has 1 atom stereocenters. The molecule has 2 N–H and O–H groups in total. The van der Waals surface area contributed by atoms with Gasteiger partial charge in [-0.1, -0.05) is 30.3 Å². The summed E-state index contributed by atoms with van der Waals surface area (Å²) in [5.74, 6) is 0.331. The topological polar surface area (TPSA) is 58.6 Å². The summed E-state index contributed by atoms with van der Waals surface area (Å²) < 4.78 is 5.53. The van der Waals surface area contributed by atoms with E-state index in [4.69, 9.17) is 9.84 Å². The zero-order chi connectivity index (χ0) is 13.7. The third-order valence-electron chi connectivity index (χ3n) is 3.49. The lowest BCUT2D eigenvalue weighted by atomic mass is 9.82. The van der Waals surface area contributed by atoms with Gasteiger partial charge in [-0.2, -0.15) is 0 Å². The van der Waals surface area contributed by atoms with Gasteiger partial charge in [-0.15, -0.1) is 0 Å². The molecule has 0 aliphatic heterocycles. The zero-order valence-corrected chi connectivity index (χ0v) is 11.2. The third-order valence-corrected chi connectivity index (χ3v) is 3.49. The van der Waals surface area contributed by atoms with Crippen molar-refractivity contribution in [1.29, 1.82) is 0 Å². The number of aliphatic hydroxyl groups is 1. The molecule has 19 heavy (non-hydrogen) atoms. The Morgan fingerprint density at radius 1 is 1.42 bits per heavy atom. The van der Waals surface area contributed by atoms with Gasteiger partial charge in [0.05, 0.1) is 12.7 Å². The van der Waals surface area contributed by atoms with E-state index >= 15 is 0 Å². The van der Waals surface area contributed by atoms with Crippen LogP contribution in [-0.4, -0.2) is 29.8 Å². The van der Waals surface area contributed by atoms with Crippen LogP contribution < -0.4 is 5.32 Å². The lowest BCUT2D eigenvalue weighted by Crippen LogP contribution is -2.42. The Labute approximate surface area is 113 Å². The van der Waals surface area contributed by atoms with E-state index in [0.29, 0.717) is 19.1 Å². The molecule has 4 nitrogen and oxygen atoms in total. The summed E-state index contributed by atoms with van der Waals surface area (Å²) >= 11 is 0. The number of amides is 1. The number of ether oxygens (including phenoxy) is 1. The maximum Gasteiger partial charge on any atom is 0.248 e. The molecule has 0 heterocycles. The molecule has 1 aromatic carbocycles. The largest absolute Gasteiger partial charge is 0.393 e. The zero-order valence-electron chi connectivity index (χ0n) is 11.2. The van der Waals surface area contributed by atoms with Crippen molar-refractivity contribution < 1.29 is 14.6 Å². The number of hydrogen-bond acceptors (Lipinski definition) is 3. The second kappa shape index (κ2) is 6.68. The first-order chi connectivity index (χ1) is 9.15. The molecule has 1 fully saturated rings. The Balaban J connectivity index is 1.65. The lowest BCUT2D eigenvalue weighted by Gasteiger charge is -2.31. The van der Waals surface area contributed by atoms with Crippen molar-refractivity contribution in [1.82, 2.24) is 5.32 Å². The van der Waals surface area contributed by atoms with E-state index < -0.39 is 6.10 Å². The van der Waals surface area contributed by atoms with E-state index in [1.165, 1.54) is 0 Å². The molecular weight excluding hydrogens is 242 g/mol. The van der Waals surface area contributed by atoms with Crippen LogP contribution >= 0.6 is 0 Å². The number of aliphatic hydroxyl groups excluding tert-OH is 1. The minimum absolute atomic E-state index is 0.0858. The van der Waals surface area contributed by atoms with Gasteiger partial charge in [0.25, 0.3) is 0 Å². The molecule has 0 spiro atoms. The fourth-order valence-electron chi connectivity index (χ4n) is 2.13. The normalized spacial score (nSPS) is 23.5. The van der Waals surface area contributed by atoms with Gasteiger partial charge in [-0.25, -0.2) is 0 Å². The van der Waals surface area contributed by atoms with Gasteiger partial charge < -0.3 is 15.2 Å². The Hall–Kier alpha value is -1.39. The molecular formula is C15H21NO3. The third kappa shape index (κ3) is 4.33. The van der Waals surface area contributed by atoms with Crippen molar-refractivity contribution in [3.05, 3.63) is 35.9 Å². The van der Waals surface area contributed by atoms with Crippen LogP contribution in [0.1, 0.15) is 25.3 Å². The number of carbonyl (C=O) groups excluding carboxylic acids is 1. The standard InChI is InChI=1S/C15H21NO3/c1-11(19-10-12-5-3-2-4-6-12)15(18)16-9-13-7-14(17)8-13/h2-6,11,13-14,17H,7-10H2,1H3,(H,16,18). The fraction of sp³-hybridized carbons (Fsp3) is 0.533. The summed E-state index contributed by atoms with van der Waals surface area (Å²) in [5, 5.41) is 12.0. The molecule has 1 saturated carbocycles. The van der Waals surface area contributed by atoms with Crippen molar-refractivity contribution in [3.63, 3.8) is 0 Å². The molecule has 1 amide bonds. The van der Waals surface area contributed by atoms with E-state index in [2.05, 4.69) is 5.32 Å². The van der Waals surface area contributed by atoms with Crippen molar-refractivity contribution >= 4 is 5.91 Å². The number of rotatable bonds is 6. The van der Waals surface area contributed by atoms with Crippen LogP contribution in [-0.2, 0) is 16.1 Å². The SMILES string of the molecule is CC(OCc1ccccc1)C(=O)NCC1CC(O)C1. The van der Waals surface area contributed by atoms with Gasteiger partial charge in [0.2, 0.25) is 5.91 Å². The van der Waals surface area contributed by atoms with Crippen molar-refractivity contribution in [2.75, 3.05) is 6.54 Å². The van der Waals surface area contributed by atoms with Crippen LogP contribution in [0.5, 0.6) is 0 Å². The highest BCUT2D eigenvalue weighted by molar-refractivity contribution is 5.80. The average molecular weight is 263 g/mol. The van der Waals surface area contributed by atoms with E-state index in [1.54, 1.807) is 6.92 Å². The first kappa shape index (κ1) is 14.0. The van der Waals surface area contributed by atoms with Crippen LogP contribution in [0.4, 0.5) is 0 Å². The quantitative estimate of drug-likeness (QED) is 0.817. The van der Waals surface area contributed by atoms with Gasteiger partial charge in [-0.05, 0) is 31.2 Å². The summed E-state index contributed by atoms with van der Waals surface area (Å²) in [4.78, 5) is 11.8. The van der Waals surface area contributed by atoms with Crippen LogP contribution in [0, 0.1) is 5.92 Å². The Morgan fingerprint density at radius 3 is 2.74 bits per heavy atom. The molecule has 0 saturated heterocycles. The second-order valence-electron chi connectivity index (χ2n) is 5.18. The smallest absolute Gasteiger partial charge is 0.248 e. The molecule has 104 valence electrons. The highest BCUT2D eigenvalue weighted by Gasteiger charge is 2.27. The molecule has 0 aromatic heterocycles.